The molecule has 0 spiro atoms. The number of Topliss-reactive ketones (excluding diaryl/α,β-unsaturated/α-hetero) is 1. The van der Waals surface area contributed by atoms with E-state index in [1.807, 2.05) is 0 Å². The van der Waals surface area contributed by atoms with Crippen molar-refractivity contribution in [2.75, 3.05) is 25.2 Å². The van der Waals surface area contributed by atoms with E-state index in [4.69, 9.17) is 9.47 Å². The van der Waals surface area contributed by atoms with E-state index in [-0.39, 0.29) is 11.9 Å². The maximum atomic E-state index is 10.9. The largest absolute Gasteiger partial charge is 0.376 e. The molecule has 1 fully saturated rings. The lowest BCUT2D eigenvalue weighted by Gasteiger charge is -2.20. The Labute approximate surface area is 67.8 Å². The van der Waals surface area contributed by atoms with Crippen LogP contribution in [0.2, 0.25) is 0 Å². The first kappa shape index (κ1) is 8.17. The van der Waals surface area contributed by atoms with E-state index in [0.29, 0.717) is 25.2 Å². The molecule has 1 rings (SSSR count). The highest BCUT2D eigenvalue weighted by atomic mass is 79.9. The number of ketones is 1. The van der Waals surface area contributed by atoms with Gasteiger partial charge in [-0.25, -0.2) is 0 Å². The molecule has 4 heteroatoms. The van der Waals surface area contributed by atoms with Crippen molar-refractivity contribution >= 4 is 21.7 Å². The topological polar surface area (TPSA) is 35.5 Å². The van der Waals surface area contributed by atoms with Crippen molar-refractivity contribution in [2.24, 2.45) is 0 Å². The van der Waals surface area contributed by atoms with Crippen molar-refractivity contribution in [1.82, 2.24) is 0 Å². The number of ether oxygens (including phenoxy) is 2. The predicted octanol–water partition coefficient (Wildman–Crippen LogP) is 0.366. The average molecular weight is 209 g/mol. The first-order valence-corrected chi connectivity index (χ1v) is 4.25. The van der Waals surface area contributed by atoms with E-state index < -0.39 is 0 Å². The summed E-state index contributed by atoms with van der Waals surface area (Å²) in [6.07, 6.45) is -0.340. The number of halogens is 1. The molecule has 1 unspecified atom stereocenters. The smallest absolute Gasteiger partial charge is 0.174 e. The van der Waals surface area contributed by atoms with Crippen molar-refractivity contribution in [2.45, 2.75) is 6.10 Å². The number of rotatable bonds is 2. The maximum Gasteiger partial charge on any atom is 0.174 e. The van der Waals surface area contributed by atoms with Gasteiger partial charge in [0.25, 0.3) is 0 Å². The number of hydrogen-bond acceptors (Lipinski definition) is 3. The van der Waals surface area contributed by atoms with E-state index in [9.17, 15) is 4.79 Å². The quantitative estimate of drug-likeness (QED) is 0.616. The van der Waals surface area contributed by atoms with Gasteiger partial charge in [0.15, 0.2) is 5.78 Å². The lowest BCUT2D eigenvalue weighted by atomic mass is 10.2. The van der Waals surface area contributed by atoms with Crippen LogP contribution in [-0.2, 0) is 14.3 Å². The second-order valence-electron chi connectivity index (χ2n) is 2.03. The van der Waals surface area contributed by atoms with Crippen LogP contribution in [-0.4, -0.2) is 37.0 Å². The molecule has 58 valence electrons. The molecular weight excluding hydrogens is 200 g/mol. The summed E-state index contributed by atoms with van der Waals surface area (Å²) in [7, 11) is 0. The Hall–Kier alpha value is 0.0700. The highest BCUT2D eigenvalue weighted by Crippen LogP contribution is 2.02. The van der Waals surface area contributed by atoms with Crippen LogP contribution in [0.5, 0.6) is 0 Å². The Morgan fingerprint density at radius 3 is 2.90 bits per heavy atom. The Bertz CT molecular complexity index is 120. The predicted molar refractivity (Wildman–Crippen MR) is 39.4 cm³/mol. The van der Waals surface area contributed by atoms with E-state index >= 15 is 0 Å². The first-order valence-electron chi connectivity index (χ1n) is 3.12. The van der Waals surface area contributed by atoms with Crippen molar-refractivity contribution in [3.05, 3.63) is 0 Å². The van der Waals surface area contributed by atoms with Gasteiger partial charge in [-0.2, -0.15) is 0 Å². The molecule has 0 amide bonds. The summed E-state index contributed by atoms with van der Waals surface area (Å²) in [6, 6.07) is 0. The van der Waals surface area contributed by atoms with Crippen molar-refractivity contribution in [3.8, 4) is 0 Å². The van der Waals surface area contributed by atoms with Crippen LogP contribution in [0, 0.1) is 0 Å². The monoisotopic (exact) mass is 208 g/mol. The zero-order chi connectivity index (χ0) is 7.40. The van der Waals surface area contributed by atoms with Crippen molar-refractivity contribution in [3.63, 3.8) is 0 Å². The number of hydrogen-bond donors (Lipinski definition) is 0. The Balaban J connectivity index is 2.31. The van der Waals surface area contributed by atoms with Crippen LogP contribution in [0.15, 0.2) is 0 Å². The SMILES string of the molecule is O=C(CBr)C1COCCO1. The summed E-state index contributed by atoms with van der Waals surface area (Å²) in [5.74, 6) is 0.0553. The van der Waals surface area contributed by atoms with Crippen LogP contribution in [0.25, 0.3) is 0 Å². The zero-order valence-corrected chi connectivity index (χ0v) is 7.09. The molecule has 0 aromatic rings. The molecule has 10 heavy (non-hydrogen) atoms. The molecule has 3 nitrogen and oxygen atoms in total. The molecule has 0 saturated carbocycles. The highest BCUT2D eigenvalue weighted by Gasteiger charge is 2.20. The Morgan fingerprint density at radius 1 is 1.60 bits per heavy atom. The maximum absolute atomic E-state index is 10.9. The van der Waals surface area contributed by atoms with Crippen LogP contribution < -0.4 is 0 Å². The van der Waals surface area contributed by atoms with Gasteiger partial charge in [-0.3, -0.25) is 4.79 Å². The third kappa shape index (κ3) is 2.04. The summed E-state index contributed by atoms with van der Waals surface area (Å²) < 4.78 is 10.2. The van der Waals surface area contributed by atoms with E-state index in [1.165, 1.54) is 0 Å². The van der Waals surface area contributed by atoms with Crippen LogP contribution >= 0.6 is 15.9 Å². The van der Waals surface area contributed by atoms with E-state index in [2.05, 4.69) is 15.9 Å². The van der Waals surface area contributed by atoms with Crippen molar-refractivity contribution < 1.29 is 14.3 Å². The lowest BCUT2D eigenvalue weighted by Crippen LogP contribution is -2.35. The van der Waals surface area contributed by atoms with E-state index in [1.54, 1.807) is 0 Å². The summed E-state index contributed by atoms with van der Waals surface area (Å²) in [5.41, 5.74) is 0. The second-order valence-corrected chi connectivity index (χ2v) is 2.60. The molecule has 0 N–H and O–H groups in total. The molecule has 1 saturated heterocycles. The van der Waals surface area contributed by atoms with Crippen LogP contribution in [0.1, 0.15) is 0 Å². The second kappa shape index (κ2) is 4.05. The van der Waals surface area contributed by atoms with Gasteiger partial charge in [-0.05, 0) is 0 Å². The molecule has 1 atom stereocenters. The molecule has 0 aromatic heterocycles. The lowest BCUT2D eigenvalue weighted by molar-refractivity contribution is -0.142. The normalized spacial score (nSPS) is 26.3. The average Bonchev–Trinajstić information content (AvgIpc) is 2.05. The Morgan fingerprint density at radius 2 is 2.40 bits per heavy atom. The fraction of sp³-hybridized carbons (Fsp3) is 0.833. The van der Waals surface area contributed by atoms with E-state index in [0.717, 1.165) is 0 Å². The van der Waals surface area contributed by atoms with Gasteiger partial charge < -0.3 is 9.47 Å². The number of alkyl halides is 1. The molecule has 0 aliphatic carbocycles. The van der Waals surface area contributed by atoms with Gasteiger partial charge in [-0.1, -0.05) is 15.9 Å². The summed E-state index contributed by atoms with van der Waals surface area (Å²) >= 11 is 3.07. The van der Waals surface area contributed by atoms with Gasteiger partial charge in [0, 0.05) is 0 Å². The van der Waals surface area contributed by atoms with Gasteiger partial charge >= 0.3 is 0 Å². The third-order valence-corrected chi connectivity index (χ3v) is 1.86. The fourth-order valence-electron chi connectivity index (χ4n) is 0.760. The highest BCUT2D eigenvalue weighted by molar-refractivity contribution is 9.09. The molecular formula is C6H9BrO3. The standard InChI is InChI=1S/C6H9BrO3/c7-3-5(8)6-4-9-1-2-10-6/h6H,1-4H2. The zero-order valence-electron chi connectivity index (χ0n) is 5.51. The van der Waals surface area contributed by atoms with Gasteiger partial charge in [-0.15, -0.1) is 0 Å². The summed E-state index contributed by atoms with van der Waals surface area (Å²) in [5, 5.41) is 0.348. The molecule has 0 bridgehead atoms. The molecule has 1 aliphatic rings. The summed E-state index contributed by atoms with van der Waals surface area (Å²) in [6.45, 7) is 1.54. The minimum absolute atomic E-state index is 0.0553. The first-order chi connectivity index (χ1) is 4.84. The van der Waals surface area contributed by atoms with Gasteiger partial charge in [0.1, 0.15) is 6.10 Å². The molecule has 1 heterocycles. The molecule has 0 radical (unpaired) electrons. The number of carbonyl (C=O) groups excluding carboxylic acids is 1. The van der Waals surface area contributed by atoms with Gasteiger partial charge in [0.05, 0.1) is 25.2 Å². The van der Waals surface area contributed by atoms with Gasteiger partial charge in [0.2, 0.25) is 0 Å². The fourth-order valence-corrected chi connectivity index (χ4v) is 1.12. The van der Waals surface area contributed by atoms with Crippen LogP contribution in [0.3, 0.4) is 0 Å². The number of carbonyl (C=O) groups is 1. The minimum Gasteiger partial charge on any atom is -0.376 e. The third-order valence-electron chi connectivity index (χ3n) is 1.31. The van der Waals surface area contributed by atoms with Crippen LogP contribution in [0.4, 0.5) is 0 Å². The molecule has 0 aromatic carbocycles. The Kier molecular flexibility index (Phi) is 3.31. The minimum atomic E-state index is -0.340. The summed E-state index contributed by atoms with van der Waals surface area (Å²) in [4.78, 5) is 10.9. The van der Waals surface area contributed by atoms with Crippen molar-refractivity contribution in [1.29, 1.82) is 0 Å². The molecule has 1 aliphatic heterocycles.